The molecule has 0 aliphatic carbocycles. The fourth-order valence-corrected chi connectivity index (χ4v) is 4.13. The third kappa shape index (κ3) is 4.29. The Morgan fingerprint density at radius 2 is 2.10 bits per heavy atom. The van der Waals surface area contributed by atoms with Crippen LogP contribution in [-0.2, 0) is 4.79 Å². The normalized spacial score (nSPS) is 17.7. The second kappa shape index (κ2) is 8.41. The standard InChI is InChI=1S/C24H26ClN3O2/c1-15-13-24(2,3)28(4)22-12-21(25)16(10-20(15)22)9-17(14-26)23(29)27-18-7-6-8-19(11-18)30-5/h6-12,15H,13H2,1-5H3,(H,27,29)/b17-9-/t15-/m1/s1. The predicted octanol–water partition coefficient (Wildman–Crippen LogP) is 5.62. The van der Waals surface area contributed by atoms with Crippen LogP contribution in [0.5, 0.6) is 5.75 Å². The number of nitriles is 1. The van der Waals surface area contributed by atoms with E-state index in [4.69, 9.17) is 16.3 Å². The first kappa shape index (κ1) is 21.7. The minimum absolute atomic E-state index is 0.0168. The lowest BCUT2D eigenvalue weighted by molar-refractivity contribution is -0.112. The second-order valence-electron chi connectivity index (χ2n) is 8.27. The predicted molar refractivity (Wildman–Crippen MR) is 122 cm³/mol. The van der Waals surface area contributed by atoms with Gasteiger partial charge in [0.1, 0.15) is 17.4 Å². The summed E-state index contributed by atoms with van der Waals surface area (Å²) in [5, 5.41) is 12.8. The van der Waals surface area contributed by atoms with Gasteiger partial charge in [0, 0.05) is 35.1 Å². The first-order valence-electron chi connectivity index (χ1n) is 9.80. The van der Waals surface area contributed by atoms with Crippen molar-refractivity contribution in [3.8, 4) is 11.8 Å². The number of hydrogen-bond acceptors (Lipinski definition) is 4. The molecule has 2 aromatic rings. The van der Waals surface area contributed by atoms with Crippen LogP contribution in [0, 0.1) is 11.3 Å². The number of fused-ring (bicyclic) bond motifs is 1. The van der Waals surface area contributed by atoms with Crippen LogP contribution in [-0.4, -0.2) is 25.6 Å². The summed E-state index contributed by atoms with van der Waals surface area (Å²) in [6, 6.07) is 12.9. The molecule has 0 saturated heterocycles. The summed E-state index contributed by atoms with van der Waals surface area (Å²) in [6.07, 6.45) is 2.55. The number of benzene rings is 2. The molecule has 1 amide bonds. The fraction of sp³-hybridized carbons (Fsp3) is 0.333. The van der Waals surface area contributed by atoms with Gasteiger partial charge in [-0.2, -0.15) is 5.26 Å². The molecule has 30 heavy (non-hydrogen) atoms. The number of rotatable bonds is 4. The van der Waals surface area contributed by atoms with E-state index in [1.807, 2.05) is 18.2 Å². The molecule has 3 rings (SSSR count). The van der Waals surface area contributed by atoms with Crippen molar-refractivity contribution >= 4 is 35.0 Å². The molecule has 0 saturated carbocycles. The van der Waals surface area contributed by atoms with Gasteiger partial charge in [0.2, 0.25) is 0 Å². The monoisotopic (exact) mass is 423 g/mol. The smallest absolute Gasteiger partial charge is 0.266 e. The van der Waals surface area contributed by atoms with Crippen LogP contribution in [0.15, 0.2) is 42.0 Å². The third-order valence-corrected chi connectivity index (χ3v) is 6.07. The highest BCUT2D eigenvalue weighted by Crippen LogP contribution is 2.44. The summed E-state index contributed by atoms with van der Waals surface area (Å²) in [5.41, 5.74) is 3.47. The van der Waals surface area contributed by atoms with Crippen molar-refractivity contribution in [1.82, 2.24) is 0 Å². The van der Waals surface area contributed by atoms with Gasteiger partial charge in [-0.05, 0) is 67.7 Å². The summed E-state index contributed by atoms with van der Waals surface area (Å²) < 4.78 is 5.17. The van der Waals surface area contributed by atoms with Crippen molar-refractivity contribution in [2.24, 2.45) is 0 Å². The summed E-state index contributed by atoms with van der Waals surface area (Å²) in [7, 11) is 3.62. The van der Waals surface area contributed by atoms with Gasteiger partial charge in [-0.15, -0.1) is 0 Å². The minimum atomic E-state index is -0.495. The van der Waals surface area contributed by atoms with Gasteiger partial charge in [0.15, 0.2) is 0 Å². The van der Waals surface area contributed by atoms with E-state index < -0.39 is 5.91 Å². The van der Waals surface area contributed by atoms with E-state index >= 15 is 0 Å². The Labute approximate surface area is 182 Å². The molecule has 1 aliphatic rings. The number of nitrogens with zero attached hydrogens (tertiary/aromatic N) is 2. The molecule has 1 aliphatic heterocycles. The maximum absolute atomic E-state index is 12.7. The second-order valence-corrected chi connectivity index (χ2v) is 8.67. The molecule has 156 valence electrons. The Bertz CT molecular complexity index is 1050. The number of nitrogens with one attached hydrogen (secondary N) is 1. The lowest BCUT2D eigenvalue weighted by Crippen LogP contribution is -2.45. The lowest BCUT2D eigenvalue weighted by Gasteiger charge is -2.45. The van der Waals surface area contributed by atoms with Crippen LogP contribution < -0.4 is 15.0 Å². The molecule has 0 unspecified atom stereocenters. The SMILES string of the molecule is COc1cccc(NC(=O)/C(C#N)=C\c2cc3c(cc2Cl)N(C)C(C)(C)C[C@H]3C)c1. The third-order valence-electron chi connectivity index (χ3n) is 5.74. The first-order chi connectivity index (χ1) is 14.2. The highest BCUT2D eigenvalue weighted by Gasteiger charge is 2.34. The highest BCUT2D eigenvalue weighted by atomic mass is 35.5. The molecule has 0 bridgehead atoms. The van der Waals surface area contributed by atoms with Crippen LogP contribution in [0.3, 0.4) is 0 Å². The molecule has 1 N–H and O–H groups in total. The maximum atomic E-state index is 12.7. The Kier molecular flexibility index (Phi) is 6.09. The molecule has 5 nitrogen and oxygen atoms in total. The molecule has 0 fully saturated rings. The fourth-order valence-electron chi connectivity index (χ4n) is 3.92. The number of amides is 1. The van der Waals surface area contributed by atoms with Gasteiger partial charge in [-0.25, -0.2) is 0 Å². The number of ether oxygens (including phenoxy) is 1. The summed E-state index contributed by atoms with van der Waals surface area (Å²) in [5.74, 6) is 0.464. The molecule has 1 heterocycles. The van der Waals surface area contributed by atoms with Crippen LogP contribution in [0.2, 0.25) is 5.02 Å². The van der Waals surface area contributed by atoms with Crippen LogP contribution >= 0.6 is 11.6 Å². The van der Waals surface area contributed by atoms with Gasteiger partial charge in [-0.1, -0.05) is 24.6 Å². The number of methoxy groups -OCH3 is 1. The van der Waals surface area contributed by atoms with Crippen molar-refractivity contribution in [3.05, 3.63) is 58.1 Å². The average molecular weight is 424 g/mol. The Morgan fingerprint density at radius 1 is 1.37 bits per heavy atom. The molecule has 6 heteroatoms. The average Bonchev–Trinajstić information content (AvgIpc) is 2.70. The number of halogens is 1. The minimum Gasteiger partial charge on any atom is -0.497 e. The lowest BCUT2D eigenvalue weighted by atomic mass is 9.80. The number of hydrogen-bond donors (Lipinski definition) is 1. The van der Waals surface area contributed by atoms with Crippen LogP contribution in [0.1, 0.15) is 44.2 Å². The zero-order valence-corrected chi connectivity index (χ0v) is 18.7. The zero-order chi connectivity index (χ0) is 22.1. The van der Waals surface area contributed by atoms with E-state index in [0.29, 0.717) is 27.9 Å². The van der Waals surface area contributed by atoms with Gasteiger partial charge < -0.3 is 15.0 Å². The van der Waals surface area contributed by atoms with Crippen molar-refractivity contribution in [3.63, 3.8) is 0 Å². The Hall–Kier alpha value is -2.97. The van der Waals surface area contributed by atoms with E-state index in [-0.39, 0.29) is 11.1 Å². The van der Waals surface area contributed by atoms with E-state index in [9.17, 15) is 10.1 Å². The summed E-state index contributed by atoms with van der Waals surface area (Å²) >= 11 is 6.54. The van der Waals surface area contributed by atoms with E-state index in [2.05, 4.69) is 38.0 Å². The molecule has 0 radical (unpaired) electrons. The molecule has 2 aromatic carbocycles. The van der Waals surface area contributed by atoms with Gasteiger partial charge in [0.05, 0.1) is 7.11 Å². The van der Waals surface area contributed by atoms with Crippen molar-refractivity contribution in [1.29, 1.82) is 5.26 Å². The summed E-state index contributed by atoms with van der Waals surface area (Å²) in [6.45, 7) is 6.62. The van der Waals surface area contributed by atoms with Crippen LogP contribution in [0.4, 0.5) is 11.4 Å². The largest absolute Gasteiger partial charge is 0.497 e. The van der Waals surface area contributed by atoms with Crippen LogP contribution in [0.25, 0.3) is 6.08 Å². The van der Waals surface area contributed by atoms with E-state index in [0.717, 1.165) is 17.7 Å². The quantitative estimate of drug-likeness (QED) is 0.512. The first-order valence-corrected chi connectivity index (χ1v) is 10.2. The molecular weight excluding hydrogens is 398 g/mol. The van der Waals surface area contributed by atoms with Crippen molar-refractivity contribution < 1.29 is 9.53 Å². The van der Waals surface area contributed by atoms with Gasteiger partial charge in [0.25, 0.3) is 5.91 Å². The molecule has 1 atom stereocenters. The maximum Gasteiger partial charge on any atom is 0.266 e. The van der Waals surface area contributed by atoms with Crippen molar-refractivity contribution in [2.75, 3.05) is 24.4 Å². The van der Waals surface area contributed by atoms with E-state index in [1.165, 1.54) is 0 Å². The summed E-state index contributed by atoms with van der Waals surface area (Å²) in [4.78, 5) is 14.9. The number of carbonyl (C=O) groups excluding carboxylic acids is 1. The van der Waals surface area contributed by atoms with E-state index in [1.54, 1.807) is 37.5 Å². The molecule has 0 spiro atoms. The van der Waals surface area contributed by atoms with Gasteiger partial charge >= 0.3 is 0 Å². The molecular formula is C24H26ClN3O2. The zero-order valence-electron chi connectivity index (χ0n) is 17.9. The Balaban J connectivity index is 1.93. The highest BCUT2D eigenvalue weighted by molar-refractivity contribution is 6.32. The number of anilines is 2. The van der Waals surface area contributed by atoms with Gasteiger partial charge in [-0.3, -0.25) is 4.79 Å². The molecule has 0 aromatic heterocycles. The number of carbonyl (C=O) groups is 1. The van der Waals surface area contributed by atoms with Crippen molar-refractivity contribution in [2.45, 2.75) is 38.6 Å². The topological polar surface area (TPSA) is 65.4 Å². The Morgan fingerprint density at radius 3 is 2.77 bits per heavy atom.